The van der Waals surface area contributed by atoms with Crippen LogP contribution in [0, 0.1) is 0 Å². The van der Waals surface area contributed by atoms with Crippen LogP contribution in [-0.2, 0) is 11.2 Å². The number of pyridine rings is 1. The molecule has 0 atom stereocenters. The molecule has 2 aromatic heterocycles. The van der Waals surface area contributed by atoms with E-state index >= 15 is 0 Å². The fourth-order valence-electron chi connectivity index (χ4n) is 1.91. The van der Waals surface area contributed by atoms with Gasteiger partial charge in [0, 0.05) is 29.4 Å². The molecular formula is C16H11Cl2N3O3. The Morgan fingerprint density at radius 2 is 2.12 bits per heavy atom. The summed E-state index contributed by atoms with van der Waals surface area (Å²) in [4.78, 5) is 20.1. The smallest absolute Gasteiger partial charge is 0.311 e. The van der Waals surface area contributed by atoms with E-state index in [0.717, 1.165) is 5.56 Å². The molecule has 122 valence electrons. The first-order valence-corrected chi connectivity index (χ1v) is 7.76. The summed E-state index contributed by atoms with van der Waals surface area (Å²) in [6.45, 7) is 0. The molecule has 0 unspecified atom stereocenters. The van der Waals surface area contributed by atoms with Gasteiger partial charge < -0.3 is 9.26 Å². The van der Waals surface area contributed by atoms with E-state index in [1.54, 1.807) is 24.5 Å². The number of aromatic nitrogens is 3. The molecule has 0 saturated heterocycles. The highest BCUT2D eigenvalue weighted by molar-refractivity contribution is 6.35. The monoisotopic (exact) mass is 363 g/mol. The zero-order valence-electron chi connectivity index (χ0n) is 12.3. The van der Waals surface area contributed by atoms with Crippen LogP contribution < -0.4 is 4.74 Å². The predicted molar refractivity (Wildman–Crippen MR) is 87.9 cm³/mol. The van der Waals surface area contributed by atoms with Crippen LogP contribution >= 0.6 is 23.2 Å². The van der Waals surface area contributed by atoms with E-state index in [4.69, 9.17) is 32.5 Å². The topological polar surface area (TPSA) is 78.1 Å². The van der Waals surface area contributed by atoms with E-state index in [2.05, 4.69) is 15.1 Å². The third kappa shape index (κ3) is 4.10. The molecule has 8 heteroatoms. The number of ether oxygens (including phenoxy) is 1. The van der Waals surface area contributed by atoms with Gasteiger partial charge in [0.15, 0.2) is 0 Å². The standard InChI is InChI=1S/C16H11Cl2N3O3/c17-11-3-4-13(12(18)8-11)23-15(22)6-5-14-20-16(21-24-14)10-2-1-7-19-9-10/h1-4,7-9H,5-6H2. The van der Waals surface area contributed by atoms with Crippen molar-refractivity contribution in [2.45, 2.75) is 12.8 Å². The van der Waals surface area contributed by atoms with Crippen LogP contribution in [0.15, 0.2) is 47.2 Å². The number of aryl methyl sites for hydroxylation is 1. The lowest BCUT2D eigenvalue weighted by atomic mass is 10.3. The number of carbonyl (C=O) groups excluding carboxylic acids is 1. The summed E-state index contributed by atoms with van der Waals surface area (Å²) in [6, 6.07) is 8.23. The van der Waals surface area contributed by atoms with Gasteiger partial charge in [-0.05, 0) is 30.3 Å². The van der Waals surface area contributed by atoms with Gasteiger partial charge in [0.05, 0.1) is 11.4 Å². The molecule has 2 heterocycles. The summed E-state index contributed by atoms with van der Waals surface area (Å²) in [6.07, 6.45) is 3.62. The van der Waals surface area contributed by atoms with E-state index < -0.39 is 5.97 Å². The Hall–Kier alpha value is -2.44. The molecule has 0 bridgehead atoms. The quantitative estimate of drug-likeness (QED) is 0.503. The molecule has 0 N–H and O–H groups in total. The molecule has 0 radical (unpaired) electrons. The van der Waals surface area contributed by atoms with Gasteiger partial charge in [0.2, 0.25) is 11.7 Å². The highest BCUT2D eigenvalue weighted by atomic mass is 35.5. The highest BCUT2D eigenvalue weighted by Crippen LogP contribution is 2.27. The van der Waals surface area contributed by atoms with E-state index in [0.29, 0.717) is 16.7 Å². The Bertz CT molecular complexity index is 853. The number of rotatable bonds is 5. The minimum Gasteiger partial charge on any atom is -0.425 e. The second-order valence-corrected chi connectivity index (χ2v) is 5.65. The number of nitrogens with zero attached hydrogens (tertiary/aromatic N) is 3. The van der Waals surface area contributed by atoms with E-state index in [1.165, 1.54) is 12.1 Å². The molecule has 3 aromatic rings. The molecule has 0 aliphatic carbocycles. The number of hydrogen-bond acceptors (Lipinski definition) is 6. The highest BCUT2D eigenvalue weighted by Gasteiger charge is 2.13. The van der Waals surface area contributed by atoms with Crippen molar-refractivity contribution in [3.05, 3.63) is 58.7 Å². The SMILES string of the molecule is O=C(CCc1nc(-c2cccnc2)no1)Oc1ccc(Cl)cc1Cl. The van der Waals surface area contributed by atoms with Gasteiger partial charge in [-0.15, -0.1) is 0 Å². The van der Waals surface area contributed by atoms with Gasteiger partial charge in [-0.25, -0.2) is 0 Å². The Morgan fingerprint density at radius 1 is 1.25 bits per heavy atom. The van der Waals surface area contributed by atoms with E-state index in [9.17, 15) is 4.79 Å². The van der Waals surface area contributed by atoms with Gasteiger partial charge in [-0.1, -0.05) is 28.4 Å². The van der Waals surface area contributed by atoms with Crippen molar-refractivity contribution >= 4 is 29.2 Å². The van der Waals surface area contributed by atoms with Crippen molar-refractivity contribution in [2.75, 3.05) is 0 Å². The minimum absolute atomic E-state index is 0.0770. The average Bonchev–Trinajstić information content (AvgIpc) is 3.05. The fourth-order valence-corrected chi connectivity index (χ4v) is 2.36. The first kappa shape index (κ1) is 16.4. The zero-order chi connectivity index (χ0) is 16.9. The third-order valence-corrected chi connectivity index (χ3v) is 3.58. The molecule has 0 fully saturated rings. The lowest BCUT2D eigenvalue weighted by Gasteiger charge is -2.05. The number of esters is 1. The fraction of sp³-hybridized carbons (Fsp3) is 0.125. The van der Waals surface area contributed by atoms with Gasteiger partial charge in [-0.3, -0.25) is 9.78 Å². The van der Waals surface area contributed by atoms with Crippen LogP contribution in [0.25, 0.3) is 11.4 Å². The summed E-state index contributed by atoms with van der Waals surface area (Å²) in [5.41, 5.74) is 0.739. The van der Waals surface area contributed by atoms with Crippen molar-refractivity contribution < 1.29 is 14.1 Å². The van der Waals surface area contributed by atoms with Gasteiger partial charge >= 0.3 is 5.97 Å². The average molecular weight is 364 g/mol. The van der Waals surface area contributed by atoms with Crippen molar-refractivity contribution in [3.8, 4) is 17.1 Å². The van der Waals surface area contributed by atoms with Crippen LogP contribution in [0.4, 0.5) is 0 Å². The molecule has 0 amide bonds. The van der Waals surface area contributed by atoms with Crippen LogP contribution in [0.5, 0.6) is 5.75 Å². The molecule has 0 aliphatic heterocycles. The normalized spacial score (nSPS) is 10.6. The maximum Gasteiger partial charge on any atom is 0.311 e. The molecule has 6 nitrogen and oxygen atoms in total. The second-order valence-electron chi connectivity index (χ2n) is 4.80. The van der Waals surface area contributed by atoms with Crippen molar-refractivity contribution in [1.82, 2.24) is 15.1 Å². The first-order chi connectivity index (χ1) is 11.6. The minimum atomic E-state index is -0.458. The number of carbonyl (C=O) groups is 1. The Morgan fingerprint density at radius 3 is 2.88 bits per heavy atom. The summed E-state index contributed by atoms with van der Waals surface area (Å²) in [5.74, 6) is 0.563. The third-order valence-electron chi connectivity index (χ3n) is 3.05. The summed E-state index contributed by atoms with van der Waals surface area (Å²) >= 11 is 11.7. The predicted octanol–water partition coefficient (Wildman–Crippen LogP) is 3.98. The summed E-state index contributed by atoms with van der Waals surface area (Å²) in [7, 11) is 0. The summed E-state index contributed by atoms with van der Waals surface area (Å²) in [5, 5.41) is 4.60. The molecule has 24 heavy (non-hydrogen) atoms. The Kier molecular flexibility index (Phi) is 5.08. The molecule has 3 rings (SSSR count). The van der Waals surface area contributed by atoms with Crippen LogP contribution in [0.2, 0.25) is 10.0 Å². The van der Waals surface area contributed by atoms with E-state index in [1.807, 2.05) is 6.07 Å². The lowest BCUT2D eigenvalue weighted by molar-refractivity contribution is -0.134. The number of hydrogen-bond donors (Lipinski definition) is 0. The maximum absolute atomic E-state index is 11.9. The van der Waals surface area contributed by atoms with Crippen LogP contribution in [-0.4, -0.2) is 21.1 Å². The van der Waals surface area contributed by atoms with E-state index in [-0.39, 0.29) is 23.6 Å². The van der Waals surface area contributed by atoms with Crippen molar-refractivity contribution in [3.63, 3.8) is 0 Å². The van der Waals surface area contributed by atoms with Crippen LogP contribution in [0.1, 0.15) is 12.3 Å². The number of benzene rings is 1. The molecule has 0 aliphatic rings. The Balaban J connectivity index is 1.58. The molecular weight excluding hydrogens is 353 g/mol. The Labute approximate surface area is 147 Å². The first-order valence-electron chi connectivity index (χ1n) is 7.00. The van der Waals surface area contributed by atoms with Crippen molar-refractivity contribution in [2.24, 2.45) is 0 Å². The molecule has 0 saturated carbocycles. The maximum atomic E-state index is 11.9. The van der Waals surface area contributed by atoms with Crippen molar-refractivity contribution in [1.29, 1.82) is 0 Å². The van der Waals surface area contributed by atoms with Gasteiger partial charge in [0.1, 0.15) is 5.75 Å². The lowest BCUT2D eigenvalue weighted by Crippen LogP contribution is -2.09. The van der Waals surface area contributed by atoms with Gasteiger partial charge in [-0.2, -0.15) is 4.98 Å². The van der Waals surface area contributed by atoms with Crippen LogP contribution in [0.3, 0.4) is 0 Å². The van der Waals surface area contributed by atoms with Gasteiger partial charge in [0.25, 0.3) is 0 Å². The molecule has 1 aromatic carbocycles. The largest absolute Gasteiger partial charge is 0.425 e. The zero-order valence-corrected chi connectivity index (χ0v) is 13.8. The second kappa shape index (κ2) is 7.42. The number of halogens is 2. The molecule has 0 spiro atoms. The summed E-state index contributed by atoms with van der Waals surface area (Å²) < 4.78 is 10.3.